The standard InChI is InChI=1S/C12H10BrFN2O2S/c13-10-3-1-9(2-4-10)6-16-19(17,18)12-5-11(14)7-15-8-12/h1-5,7-8,16H,6H2. The van der Waals surface area contributed by atoms with Gasteiger partial charge in [0.25, 0.3) is 0 Å². The zero-order valence-electron chi connectivity index (χ0n) is 9.68. The second-order valence-corrected chi connectivity index (χ2v) is 6.47. The molecule has 0 atom stereocenters. The highest BCUT2D eigenvalue weighted by molar-refractivity contribution is 9.10. The molecule has 0 saturated carbocycles. The zero-order valence-corrected chi connectivity index (χ0v) is 12.1. The number of hydrogen-bond acceptors (Lipinski definition) is 3. The fourth-order valence-electron chi connectivity index (χ4n) is 1.40. The van der Waals surface area contributed by atoms with Crippen LogP contribution >= 0.6 is 15.9 Å². The van der Waals surface area contributed by atoms with Gasteiger partial charge < -0.3 is 0 Å². The molecular formula is C12H10BrFN2O2S. The van der Waals surface area contributed by atoms with E-state index in [4.69, 9.17) is 0 Å². The maximum Gasteiger partial charge on any atom is 0.242 e. The van der Waals surface area contributed by atoms with Crippen LogP contribution in [0.1, 0.15) is 5.56 Å². The van der Waals surface area contributed by atoms with Crippen molar-refractivity contribution in [2.45, 2.75) is 11.4 Å². The Kier molecular flexibility index (Phi) is 4.28. The fraction of sp³-hybridized carbons (Fsp3) is 0.0833. The van der Waals surface area contributed by atoms with Gasteiger partial charge in [0, 0.05) is 17.2 Å². The largest absolute Gasteiger partial charge is 0.260 e. The van der Waals surface area contributed by atoms with E-state index >= 15 is 0 Å². The van der Waals surface area contributed by atoms with Gasteiger partial charge in [0.1, 0.15) is 10.7 Å². The lowest BCUT2D eigenvalue weighted by Crippen LogP contribution is -2.23. The molecule has 0 aliphatic carbocycles. The van der Waals surface area contributed by atoms with E-state index in [1.165, 1.54) is 0 Å². The second kappa shape index (κ2) is 5.77. The molecule has 1 N–H and O–H groups in total. The molecule has 0 saturated heterocycles. The SMILES string of the molecule is O=S(=O)(NCc1ccc(Br)cc1)c1cncc(F)c1. The van der Waals surface area contributed by atoms with Crippen molar-refractivity contribution in [1.82, 2.24) is 9.71 Å². The van der Waals surface area contributed by atoms with Crippen LogP contribution in [0.5, 0.6) is 0 Å². The highest BCUT2D eigenvalue weighted by Crippen LogP contribution is 2.12. The second-order valence-electron chi connectivity index (χ2n) is 3.79. The first kappa shape index (κ1) is 14.1. The number of rotatable bonds is 4. The number of benzene rings is 1. The molecule has 2 aromatic rings. The molecule has 0 amide bonds. The van der Waals surface area contributed by atoms with Crippen LogP contribution in [0, 0.1) is 5.82 Å². The van der Waals surface area contributed by atoms with Crippen molar-refractivity contribution in [3.63, 3.8) is 0 Å². The average Bonchev–Trinajstić information content (AvgIpc) is 2.38. The van der Waals surface area contributed by atoms with Crippen LogP contribution in [0.3, 0.4) is 0 Å². The van der Waals surface area contributed by atoms with Gasteiger partial charge in [-0.3, -0.25) is 4.98 Å². The van der Waals surface area contributed by atoms with Crippen molar-refractivity contribution in [3.8, 4) is 0 Å². The summed E-state index contributed by atoms with van der Waals surface area (Å²) in [5.74, 6) is -0.688. The number of hydrogen-bond donors (Lipinski definition) is 1. The van der Waals surface area contributed by atoms with Crippen molar-refractivity contribution >= 4 is 26.0 Å². The zero-order chi connectivity index (χ0) is 13.9. The number of halogens is 2. The molecule has 1 aromatic carbocycles. The first-order chi connectivity index (χ1) is 8.97. The quantitative estimate of drug-likeness (QED) is 0.926. The summed E-state index contributed by atoms with van der Waals surface area (Å²) in [6, 6.07) is 8.13. The fourth-order valence-corrected chi connectivity index (χ4v) is 2.66. The summed E-state index contributed by atoms with van der Waals surface area (Å²) in [5, 5.41) is 0. The van der Waals surface area contributed by atoms with E-state index in [1.807, 2.05) is 12.1 Å². The Bertz CT molecular complexity index is 674. The van der Waals surface area contributed by atoms with Crippen LogP contribution in [-0.4, -0.2) is 13.4 Å². The van der Waals surface area contributed by atoms with Gasteiger partial charge in [0.05, 0.1) is 6.20 Å². The Morgan fingerprint density at radius 2 is 1.89 bits per heavy atom. The molecule has 0 aliphatic rings. The van der Waals surface area contributed by atoms with Crippen LogP contribution in [0.2, 0.25) is 0 Å². The van der Waals surface area contributed by atoms with Crippen LogP contribution in [0.4, 0.5) is 4.39 Å². The molecule has 1 heterocycles. The van der Waals surface area contributed by atoms with Crippen molar-refractivity contribution in [3.05, 3.63) is 58.6 Å². The summed E-state index contributed by atoms with van der Waals surface area (Å²) in [4.78, 5) is 3.33. The maximum absolute atomic E-state index is 12.9. The van der Waals surface area contributed by atoms with E-state index in [-0.39, 0.29) is 11.4 Å². The topological polar surface area (TPSA) is 59.1 Å². The number of sulfonamides is 1. The molecule has 0 radical (unpaired) electrons. The molecular weight excluding hydrogens is 335 g/mol. The summed E-state index contributed by atoms with van der Waals surface area (Å²) in [7, 11) is -3.76. The Hall–Kier alpha value is -1.31. The van der Waals surface area contributed by atoms with Gasteiger partial charge in [0.15, 0.2) is 0 Å². The van der Waals surface area contributed by atoms with Crippen LogP contribution in [0.15, 0.2) is 52.1 Å². The monoisotopic (exact) mass is 344 g/mol. The summed E-state index contributed by atoms with van der Waals surface area (Å²) in [5.41, 5.74) is 0.802. The Morgan fingerprint density at radius 1 is 1.21 bits per heavy atom. The Morgan fingerprint density at radius 3 is 2.53 bits per heavy atom. The van der Waals surface area contributed by atoms with Gasteiger partial charge >= 0.3 is 0 Å². The van der Waals surface area contributed by atoms with Crippen LogP contribution in [0.25, 0.3) is 0 Å². The minimum absolute atomic E-state index is 0.131. The molecule has 0 spiro atoms. The Balaban J connectivity index is 2.12. The predicted octanol–water partition coefficient (Wildman–Crippen LogP) is 2.46. The van der Waals surface area contributed by atoms with E-state index in [0.717, 1.165) is 28.5 Å². The van der Waals surface area contributed by atoms with Gasteiger partial charge in [0.2, 0.25) is 10.0 Å². The lowest BCUT2D eigenvalue weighted by atomic mass is 10.2. The van der Waals surface area contributed by atoms with Crippen molar-refractivity contribution < 1.29 is 12.8 Å². The molecule has 0 unspecified atom stereocenters. The lowest BCUT2D eigenvalue weighted by molar-refractivity contribution is 0.575. The van der Waals surface area contributed by atoms with Crippen molar-refractivity contribution in [1.29, 1.82) is 0 Å². The normalized spacial score (nSPS) is 11.5. The maximum atomic E-state index is 12.9. The highest BCUT2D eigenvalue weighted by atomic mass is 79.9. The molecule has 4 nitrogen and oxygen atoms in total. The number of pyridine rings is 1. The third-order valence-electron chi connectivity index (χ3n) is 2.37. The van der Waals surface area contributed by atoms with E-state index in [2.05, 4.69) is 25.6 Å². The molecule has 1 aromatic heterocycles. The van der Waals surface area contributed by atoms with E-state index in [0.29, 0.717) is 0 Å². The highest BCUT2D eigenvalue weighted by Gasteiger charge is 2.14. The number of aromatic nitrogens is 1. The molecule has 2 rings (SSSR count). The van der Waals surface area contributed by atoms with Crippen LogP contribution < -0.4 is 4.72 Å². The van der Waals surface area contributed by atoms with Gasteiger partial charge in [-0.05, 0) is 23.8 Å². The third-order valence-corrected chi connectivity index (χ3v) is 4.27. The minimum atomic E-state index is -3.76. The lowest BCUT2D eigenvalue weighted by Gasteiger charge is -2.06. The molecule has 7 heteroatoms. The van der Waals surface area contributed by atoms with Crippen molar-refractivity contribution in [2.75, 3.05) is 0 Å². The first-order valence-electron chi connectivity index (χ1n) is 5.32. The predicted molar refractivity (Wildman–Crippen MR) is 72.4 cm³/mol. The first-order valence-corrected chi connectivity index (χ1v) is 7.60. The smallest absolute Gasteiger partial charge is 0.242 e. The van der Waals surface area contributed by atoms with Crippen LogP contribution in [-0.2, 0) is 16.6 Å². The summed E-state index contributed by atoms with van der Waals surface area (Å²) in [6.45, 7) is 0.131. The van der Waals surface area contributed by atoms with E-state index in [1.54, 1.807) is 12.1 Å². The summed E-state index contributed by atoms with van der Waals surface area (Å²) >= 11 is 3.29. The van der Waals surface area contributed by atoms with Gasteiger partial charge in [-0.2, -0.15) is 0 Å². The minimum Gasteiger partial charge on any atom is -0.260 e. The van der Waals surface area contributed by atoms with Gasteiger partial charge in [-0.1, -0.05) is 28.1 Å². The van der Waals surface area contributed by atoms with E-state index < -0.39 is 15.8 Å². The summed E-state index contributed by atoms with van der Waals surface area (Å²) < 4.78 is 40.0. The molecule has 0 aliphatic heterocycles. The molecule has 0 bridgehead atoms. The molecule has 100 valence electrons. The van der Waals surface area contributed by atoms with E-state index in [9.17, 15) is 12.8 Å². The average molecular weight is 345 g/mol. The summed E-state index contributed by atoms with van der Waals surface area (Å²) in [6.07, 6.45) is 2.06. The van der Waals surface area contributed by atoms with Gasteiger partial charge in [-0.25, -0.2) is 17.5 Å². The van der Waals surface area contributed by atoms with Gasteiger partial charge in [-0.15, -0.1) is 0 Å². The number of nitrogens with one attached hydrogen (secondary N) is 1. The molecule has 0 fully saturated rings. The third kappa shape index (κ3) is 3.82. The molecule has 19 heavy (non-hydrogen) atoms. The number of nitrogens with zero attached hydrogens (tertiary/aromatic N) is 1. The Labute approximate surface area is 118 Å². The van der Waals surface area contributed by atoms with Crippen molar-refractivity contribution in [2.24, 2.45) is 0 Å².